The van der Waals surface area contributed by atoms with Gasteiger partial charge in [-0.1, -0.05) is 12.1 Å². The Labute approximate surface area is 136 Å². The molecule has 0 saturated carbocycles. The predicted octanol–water partition coefficient (Wildman–Crippen LogP) is 2.74. The van der Waals surface area contributed by atoms with Gasteiger partial charge in [-0.3, -0.25) is 0 Å². The first kappa shape index (κ1) is 15.7. The number of benzene rings is 1. The third kappa shape index (κ3) is 3.00. The number of hydrogen-bond acceptors (Lipinski definition) is 3. The first-order chi connectivity index (χ1) is 10.9. The third-order valence-corrected chi connectivity index (χ3v) is 5.45. The number of nitrogens with one attached hydrogen (secondary N) is 1. The number of hydrogen-bond donors (Lipinski definition) is 1. The van der Waals surface area contributed by atoms with Crippen molar-refractivity contribution in [1.82, 2.24) is 14.1 Å². The maximum absolute atomic E-state index is 12.5. The van der Waals surface area contributed by atoms with Gasteiger partial charge in [0.15, 0.2) is 0 Å². The Morgan fingerprint density at radius 3 is 2.61 bits per heavy atom. The average molecular weight is 329 g/mol. The van der Waals surface area contributed by atoms with Gasteiger partial charge in [0.2, 0.25) is 10.0 Å². The van der Waals surface area contributed by atoms with Crippen LogP contribution in [-0.4, -0.2) is 17.8 Å². The summed E-state index contributed by atoms with van der Waals surface area (Å²) < 4.78 is 29.6. The van der Waals surface area contributed by atoms with Crippen molar-refractivity contribution in [2.45, 2.75) is 32.2 Å². The van der Waals surface area contributed by atoms with E-state index in [9.17, 15) is 8.42 Å². The van der Waals surface area contributed by atoms with Crippen LogP contribution in [0.4, 0.5) is 0 Å². The molecule has 2 aromatic heterocycles. The van der Waals surface area contributed by atoms with Crippen LogP contribution in [-0.2, 0) is 16.6 Å². The van der Waals surface area contributed by atoms with Crippen molar-refractivity contribution in [3.05, 3.63) is 65.1 Å². The molecule has 1 aromatic carbocycles. The van der Waals surface area contributed by atoms with Crippen LogP contribution < -0.4 is 4.72 Å². The minimum absolute atomic E-state index is 0.201. The van der Waals surface area contributed by atoms with Gasteiger partial charge in [0, 0.05) is 6.20 Å². The molecule has 0 atom stereocenters. The van der Waals surface area contributed by atoms with Crippen LogP contribution >= 0.6 is 0 Å². The maximum Gasteiger partial charge on any atom is 0.240 e. The summed E-state index contributed by atoms with van der Waals surface area (Å²) in [6.07, 6.45) is 1.88. The van der Waals surface area contributed by atoms with E-state index in [0.29, 0.717) is 0 Å². The summed E-state index contributed by atoms with van der Waals surface area (Å²) in [6, 6.07) is 10.9. The normalized spacial score (nSPS) is 12.0. The van der Waals surface area contributed by atoms with E-state index in [1.807, 2.05) is 55.6 Å². The highest BCUT2D eigenvalue weighted by molar-refractivity contribution is 7.89. The van der Waals surface area contributed by atoms with Gasteiger partial charge in [-0.2, -0.15) is 0 Å². The van der Waals surface area contributed by atoms with Gasteiger partial charge < -0.3 is 4.40 Å². The van der Waals surface area contributed by atoms with E-state index in [0.717, 1.165) is 28.2 Å². The molecule has 0 bridgehead atoms. The minimum atomic E-state index is -3.55. The van der Waals surface area contributed by atoms with Crippen molar-refractivity contribution in [3.8, 4) is 0 Å². The molecule has 3 aromatic rings. The summed E-state index contributed by atoms with van der Waals surface area (Å²) in [5, 5.41) is 0. The van der Waals surface area contributed by atoms with Gasteiger partial charge >= 0.3 is 0 Å². The number of aromatic nitrogens is 2. The summed E-state index contributed by atoms with van der Waals surface area (Å²) in [6.45, 7) is 5.95. The SMILES string of the molecule is Cc1ccc(S(=O)(=O)NCc2c(C)nc3ccccn23)cc1C. The van der Waals surface area contributed by atoms with Crippen LogP contribution in [0.5, 0.6) is 0 Å². The largest absolute Gasteiger partial charge is 0.302 e. The molecule has 0 fully saturated rings. The van der Waals surface area contributed by atoms with E-state index < -0.39 is 10.0 Å². The zero-order valence-corrected chi connectivity index (χ0v) is 14.2. The average Bonchev–Trinajstić information content (AvgIpc) is 2.83. The van der Waals surface area contributed by atoms with Gasteiger partial charge in [-0.25, -0.2) is 18.1 Å². The number of aryl methyl sites for hydroxylation is 3. The zero-order chi connectivity index (χ0) is 16.6. The summed E-state index contributed by atoms with van der Waals surface area (Å²) >= 11 is 0. The zero-order valence-electron chi connectivity index (χ0n) is 13.4. The molecule has 0 radical (unpaired) electrons. The lowest BCUT2D eigenvalue weighted by Gasteiger charge is -2.09. The number of pyridine rings is 1. The predicted molar refractivity (Wildman–Crippen MR) is 89.9 cm³/mol. The fourth-order valence-electron chi connectivity index (χ4n) is 2.50. The molecular weight excluding hydrogens is 310 g/mol. The molecule has 1 N–H and O–H groups in total. The monoisotopic (exact) mass is 329 g/mol. The van der Waals surface area contributed by atoms with Crippen molar-refractivity contribution >= 4 is 15.7 Å². The van der Waals surface area contributed by atoms with E-state index >= 15 is 0 Å². The molecule has 0 saturated heterocycles. The summed E-state index contributed by atoms with van der Waals surface area (Å²) in [4.78, 5) is 4.72. The van der Waals surface area contributed by atoms with Gasteiger partial charge in [0.25, 0.3) is 0 Å². The van der Waals surface area contributed by atoms with E-state index in [2.05, 4.69) is 9.71 Å². The second-order valence-electron chi connectivity index (χ2n) is 5.64. The molecule has 3 rings (SSSR count). The Morgan fingerprint density at radius 1 is 1.09 bits per heavy atom. The Kier molecular flexibility index (Phi) is 3.95. The number of nitrogens with zero attached hydrogens (tertiary/aromatic N) is 2. The molecule has 6 heteroatoms. The summed E-state index contributed by atoms with van der Waals surface area (Å²) in [7, 11) is -3.55. The first-order valence-electron chi connectivity index (χ1n) is 7.38. The lowest BCUT2D eigenvalue weighted by molar-refractivity contribution is 0.580. The highest BCUT2D eigenvalue weighted by atomic mass is 32.2. The van der Waals surface area contributed by atoms with Crippen LogP contribution in [0.2, 0.25) is 0 Å². The van der Waals surface area contributed by atoms with Gasteiger partial charge in [-0.15, -0.1) is 0 Å². The van der Waals surface area contributed by atoms with E-state index in [1.54, 1.807) is 12.1 Å². The fraction of sp³-hybridized carbons (Fsp3) is 0.235. The Morgan fingerprint density at radius 2 is 1.87 bits per heavy atom. The van der Waals surface area contributed by atoms with E-state index in [-0.39, 0.29) is 11.4 Å². The molecule has 2 heterocycles. The Bertz CT molecular complexity index is 975. The molecular formula is C17H19N3O2S. The third-order valence-electron chi connectivity index (χ3n) is 4.05. The van der Waals surface area contributed by atoms with Crippen molar-refractivity contribution in [3.63, 3.8) is 0 Å². The van der Waals surface area contributed by atoms with E-state index in [4.69, 9.17) is 0 Å². The second kappa shape index (κ2) is 5.79. The topological polar surface area (TPSA) is 63.5 Å². The number of imidazole rings is 1. The maximum atomic E-state index is 12.5. The lowest BCUT2D eigenvalue weighted by atomic mass is 10.1. The van der Waals surface area contributed by atoms with Crippen molar-refractivity contribution in [2.24, 2.45) is 0 Å². The fourth-order valence-corrected chi connectivity index (χ4v) is 3.58. The van der Waals surface area contributed by atoms with Crippen LogP contribution in [0, 0.1) is 20.8 Å². The molecule has 0 spiro atoms. The lowest BCUT2D eigenvalue weighted by Crippen LogP contribution is -2.24. The van der Waals surface area contributed by atoms with Crippen LogP contribution in [0.15, 0.2) is 47.5 Å². The van der Waals surface area contributed by atoms with Gasteiger partial charge in [-0.05, 0) is 56.2 Å². The molecule has 23 heavy (non-hydrogen) atoms. The van der Waals surface area contributed by atoms with Crippen molar-refractivity contribution in [1.29, 1.82) is 0 Å². The van der Waals surface area contributed by atoms with Crippen molar-refractivity contribution in [2.75, 3.05) is 0 Å². The highest BCUT2D eigenvalue weighted by Gasteiger charge is 2.16. The van der Waals surface area contributed by atoms with Crippen LogP contribution in [0.25, 0.3) is 5.65 Å². The molecule has 0 aliphatic rings. The first-order valence-corrected chi connectivity index (χ1v) is 8.86. The molecule has 0 unspecified atom stereocenters. The van der Waals surface area contributed by atoms with Crippen LogP contribution in [0.1, 0.15) is 22.5 Å². The molecule has 0 aliphatic carbocycles. The van der Waals surface area contributed by atoms with E-state index in [1.165, 1.54) is 0 Å². The van der Waals surface area contributed by atoms with Gasteiger partial charge in [0.05, 0.1) is 22.8 Å². The number of rotatable bonds is 4. The minimum Gasteiger partial charge on any atom is -0.302 e. The highest BCUT2D eigenvalue weighted by Crippen LogP contribution is 2.16. The number of fused-ring (bicyclic) bond motifs is 1. The molecule has 0 aliphatic heterocycles. The summed E-state index contributed by atoms with van der Waals surface area (Å²) in [5.41, 5.74) is 4.50. The van der Waals surface area contributed by atoms with Crippen LogP contribution in [0.3, 0.4) is 0 Å². The van der Waals surface area contributed by atoms with Gasteiger partial charge in [0.1, 0.15) is 5.65 Å². The quantitative estimate of drug-likeness (QED) is 0.800. The molecule has 0 amide bonds. The Balaban J connectivity index is 1.89. The van der Waals surface area contributed by atoms with Crippen molar-refractivity contribution < 1.29 is 8.42 Å². The molecule has 120 valence electrons. The second-order valence-corrected chi connectivity index (χ2v) is 7.41. The number of sulfonamides is 1. The smallest absolute Gasteiger partial charge is 0.240 e. The molecule has 5 nitrogen and oxygen atoms in total. The Hall–Kier alpha value is -2.18. The standard InChI is InChI=1S/C17H19N3O2S/c1-12-7-8-15(10-13(12)2)23(21,22)18-11-16-14(3)19-17-6-4-5-9-20(16)17/h4-10,18H,11H2,1-3H3. The summed E-state index contributed by atoms with van der Waals surface area (Å²) in [5.74, 6) is 0.